The highest BCUT2D eigenvalue weighted by molar-refractivity contribution is 7.80. The summed E-state index contributed by atoms with van der Waals surface area (Å²) in [7, 11) is 0. The van der Waals surface area contributed by atoms with Gasteiger partial charge in [-0.3, -0.25) is 0 Å². The summed E-state index contributed by atoms with van der Waals surface area (Å²) in [6.45, 7) is 2.02. The van der Waals surface area contributed by atoms with Crippen molar-refractivity contribution in [3.63, 3.8) is 0 Å². The molecule has 0 saturated carbocycles. The summed E-state index contributed by atoms with van der Waals surface area (Å²) in [5, 5.41) is 12.8. The molecule has 0 amide bonds. The monoisotopic (exact) mass is 362 g/mol. The largest absolute Gasteiger partial charge is 0.463 e. The van der Waals surface area contributed by atoms with E-state index in [4.69, 9.17) is 17.0 Å². The molecule has 0 saturated heterocycles. The van der Waals surface area contributed by atoms with E-state index in [0.717, 1.165) is 11.1 Å². The first kappa shape index (κ1) is 17.8. The Morgan fingerprint density at radius 1 is 1.15 bits per heavy atom. The van der Waals surface area contributed by atoms with Crippen LogP contribution in [0.1, 0.15) is 24.0 Å². The number of carbonyl (C=O) groups excluding carboxylic acids is 1. The van der Waals surface area contributed by atoms with Crippen LogP contribution in [0.3, 0.4) is 0 Å². The van der Waals surface area contributed by atoms with Crippen LogP contribution in [0.4, 0.5) is 0 Å². The summed E-state index contributed by atoms with van der Waals surface area (Å²) in [4.78, 5) is 13.3. The van der Waals surface area contributed by atoms with Gasteiger partial charge in [0.15, 0.2) is 0 Å². The first-order chi connectivity index (χ1) is 12.7. The number of thiocarbonyl (C=S) groups is 1. The molecule has 0 fully saturated rings. The maximum atomic E-state index is 12.9. The third kappa shape index (κ3) is 3.37. The lowest BCUT2D eigenvalue weighted by atomic mass is 9.76. The Morgan fingerprint density at radius 3 is 2.35 bits per heavy atom. The highest BCUT2D eigenvalue weighted by Gasteiger charge is 2.40. The number of ether oxygens (including phenoxy) is 1. The van der Waals surface area contributed by atoms with Gasteiger partial charge in [-0.05, 0) is 18.1 Å². The van der Waals surface area contributed by atoms with Gasteiger partial charge in [0.05, 0.1) is 28.9 Å². The van der Waals surface area contributed by atoms with Crippen molar-refractivity contribution in [2.24, 2.45) is 5.92 Å². The van der Waals surface area contributed by atoms with Gasteiger partial charge >= 0.3 is 5.97 Å². The lowest BCUT2D eigenvalue weighted by Gasteiger charge is -2.33. The van der Waals surface area contributed by atoms with E-state index in [1.54, 1.807) is 6.92 Å². The highest BCUT2D eigenvalue weighted by atomic mass is 32.1. The van der Waals surface area contributed by atoms with Gasteiger partial charge in [0.1, 0.15) is 5.92 Å². The van der Waals surface area contributed by atoms with Crippen LogP contribution < -0.4 is 5.32 Å². The normalized spacial score (nSPS) is 19.5. The van der Waals surface area contributed by atoms with E-state index in [2.05, 4.69) is 11.4 Å². The van der Waals surface area contributed by atoms with Crippen LogP contribution in [0.15, 0.2) is 66.2 Å². The molecule has 1 heterocycles. The first-order valence-electron chi connectivity index (χ1n) is 8.39. The van der Waals surface area contributed by atoms with Crippen LogP contribution in [0.5, 0.6) is 0 Å². The summed E-state index contributed by atoms with van der Waals surface area (Å²) in [6.07, 6.45) is 0. The Hall–Kier alpha value is -2.97. The molecule has 0 spiro atoms. The van der Waals surface area contributed by atoms with Crippen LogP contribution in [-0.2, 0) is 9.53 Å². The molecule has 0 aromatic heterocycles. The Balaban J connectivity index is 2.26. The topological polar surface area (TPSA) is 62.1 Å². The Labute approximate surface area is 158 Å². The smallest absolute Gasteiger partial charge is 0.336 e. The van der Waals surface area contributed by atoms with Crippen molar-refractivity contribution in [3.8, 4) is 6.07 Å². The average molecular weight is 362 g/mol. The molecular formula is C21H18N2O2S. The molecule has 1 aliphatic rings. The summed E-state index contributed by atoms with van der Waals surface area (Å²) < 4.78 is 5.32. The second kappa shape index (κ2) is 7.94. The number of rotatable bonds is 4. The van der Waals surface area contributed by atoms with E-state index >= 15 is 0 Å². The fraction of sp³-hybridized carbons (Fsp3) is 0.190. The second-order valence-electron chi connectivity index (χ2n) is 5.86. The Bertz CT molecular complexity index is 885. The van der Waals surface area contributed by atoms with E-state index in [0.29, 0.717) is 16.3 Å². The number of carbonyl (C=O) groups is 1. The van der Waals surface area contributed by atoms with E-state index in [1.807, 2.05) is 60.7 Å². The number of hydrogen-bond donors (Lipinski definition) is 1. The van der Waals surface area contributed by atoms with Gasteiger partial charge in [0.2, 0.25) is 0 Å². The maximum absolute atomic E-state index is 12.9. The van der Waals surface area contributed by atoms with E-state index in [9.17, 15) is 10.1 Å². The van der Waals surface area contributed by atoms with Gasteiger partial charge in [-0.15, -0.1) is 0 Å². The fourth-order valence-corrected chi connectivity index (χ4v) is 3.46. The van der Waals surface area contributed by atoms with Gasteiger partial charge in [0.25, 0.3) is 0 Å². The Morgan fingerprint density at radius 2 is 1.77 bits per heavy atom. The van der Waals surface area contributed by atoms with Gasteiger partial charge < -0.3 is 10.1 Å². The minimum absolute atomic E-state index is 0.258. The molecule has 5 heteroatoms. The molecule has 0 bridgehead atoms. The number of esters is 1. The zero-order valence-corrected chi connectivity index (χ0v) is 15.1. The molecule has 1 aliphatic heterocycles. The SMILES string of the molecule is CCOC(=O)C1=C(c2ccccc2)NC(=S)[C@@H](C#N)[C@H]1c1ccccc1. The summed E-state index contributed by atoms with van der Waals surface area (Å²) in [5.41, 5.74) is 2.73. The zero-order valence-electron chi connectivity index (χ0n) is 14.3. The molecule has 0 radical (unpaired) electrons. The molecule has 3 rings (SSSR count). The second-order valence-corrected chi connectivity index (χ2v) is 6.30. The number of nitrogens with zero attached hydrogens (tertiary/aromatic N) is 1. The maximum Gasteiger partial charge on any atom is 0.336 e. The molecule has 0 aliphatic carbocycles. The predicted octanol–water partition coefficient (Wildman–Crippen LogP) is 3.81. The minimum atomic E-state index is -0.640. The number of nitrogens with one attached hydrogen (secondary N) is 1. The van der Waals surface area contributed by atoms with Crippen LogP contribution >= 0.6 is 12.2 Å². The number of nitriles is 1. The zero-order chi connectivity index (χ0) is 18.5. The van der Waals surface area contributed by atoms with Crippen molar-refractivity contribution < 1.29 is 9.53 Å². The summed E-state index contributed by atoms with van der Waals surface area (Å²) >= 11 is 5.46. The molecule has 2 aromatic rings. The lowest BCUT2D eigenvalue weighted by Crippen LogP contribution is -2.40. The number of hydrogen-bond acceptors (Lipinski definition) is 4. The quantitative estimate of drug-likeness (QED) is 0.662. The standard InChI is InChI=1S/C21H18N2O2S/c1-2-25-21(24)18-17(14-9-5-3-6-10-14)16(13-22)20(26)23-19(18)15-11-7-4-8-12-15/h3-12,16-17H,2H2,1H3,(H,23,26)/t16-,17+/m0/s1. The molecule has 2 aromatic carbocycles. The lowest BCUT2D eigenvalue weighted by molar-refractivity contribution is -0.138. The highest BCUT2D eigenvalue weighted by Crippen LogP contribution is 2.40. The summed E-state index contributed by atoms with van der Waals surface area (Å²) in [6, 6.07) is 21.2. The van der Waals surface area contributed by atoms with Gasteiger partial charge in [-0.1, -0.05) is 72.9 Å². The van der Waals surface area contributed by atoms with Crippen molar-refractivity contribution >= 4 is 28.9 Å². The molecule has 26 heavy (non-hydrogen) atoms. The molecule has 0 unspecified atom stereocenters. The molecule has 1 N–H and O–H groups in total. The van der Waals surface area contributed by atoms with Crippen molar-refractivity contribution in [2.45, 2.75) is 12.8 Å². The minimum Gasteiger partial charge on any atom is -0.463 e. The van der Waals surface area contributed by atoms with Crippen molar-refractivity contribution in [2.75, 3.05) is 6.61 Å². The van der Waals surface area contributed by atoms with Crippen LogP contribution in [0, 0.1) is 17.2 Å². The molecule has 2 atom stereocenters. The van der Waals surface area contributed by atoms with Crippen molar-refractivity contribution in [1.82, 2.24) is 5.32 Å². The average Bonchev–Trinajstić information content (AvgIpc) is 2.68. The third-order valence-corrected chi connectivity index (χ3v) is 4.66. The van der Waals surface area contributed by atoms with Crippen molar-refractivity contribution in [3.05, 3.63) is 77.4 Å². The third-order valence-electron chi connectivity index (χ3n) is 4.30. The van der Waals surface area contributed by atoms with E-state index < -0.39 is 17.8 Å². The predicted molar refractivity (Wildman–Crippen MR) is 104 cm³/mol. The first-order valence-corrected chi connectivity index (χ1v) is 8.80. The van der Waals surface area contributed by atoms with Gasteiger partial charge in [-0.2, -0.15) is 5.26 Å². The van der Waals surface area contributed by atoms with Crippen LogP contribution in [0.2, 0.25) is 0 Å². The van der Waals surface area contributed by atoms with Crippen LogP contribution in [-0.4, -0.2) is 17.6 Å². The molecule has 130 valence electrons. The van der Waals surface area contributed by atoms with Crippen molar-refractivity contribution in [1.29, 1.82) is 5.26 Å². The number of benzene rings is 2. The van der Waals surface area contributed by atoms with Gasteiger partial charge in [0, 0.05) is 5.92 Å². The van der Waals surface area contributed by atoms with E-state index in [1.165, 1.54) is 0 Å². The van der Waals surface area contributed by atoms with Gasteiger partial charge in [-0.25, -0.2) is 4.79 Å². The van der Waals surface area contributed by atoms with E-state index in [-0.39, 0.29) is 6.61 Å². The fourth-order valence-electron chi connectivity index (χ4n) is 3.16. The Kier molecular flexibility index (Phi) is 5.45. The molecular weight excluding hydrogens is 344 g/mol. The van der Waals surface area contributed by atoms with Crippen LogP contribution in [0.25, 0.3) is 5.70 Å². The summed E-state index contributed by atoms with van der Waals surface area (Å²) in [5.74, 6) is -1.56. The molecule has 4 nitrogen and oxygen atoms in total.